The van der Waals surface area contributed by atoms with E-state index in [1.54, 1.807) is 0 Å². The minimum absolute atomic E-state index is 0.538. The average Bonchev–Trinajstić information content (AvgIpc) is 2.74. The molecule has 0 radical (unpaired) electrons. The quantitative estimate of drug-likeness (QED) is 0.911. The summed E-state index contributed by atoms with van der Waals surface area (Å²) in [7, 11) is 0. The highest BCUT2D eigenvalue weighted by molar-refractivity contribution is 5.90. The van der Waals surface area contributed by atoms with Gasteiger partial charge in [0.15, 0.2) is 0 Å². The Hall–Kier alpha value is -1.81. The Morgan fingerprint density at radius 2 is 1.91 bits per heavy atom. The zero-order valence-corrected chi connectivity index (χ0v) is 13.5. The van der Waals surface area contributed by atoms with Gasteiger partial charge in [-0.3, -0.25) is 9.69 Å². The lowest BCUT2D eigenvalue weighted by atomic mass is 9.89. The van der Waals surface area contributed by atoms with Crippen molar-refractivity contribution in [2.75, 3.05) is 13.1 Å². The van der Waals surface area contributed by atoms with E-state index in [0.29, 0.717) is 11.8 Å². The van der Waals surface area contributed by atoms with Crippen LogP contribution in [0, 0.1) is 18.8 Å². The number of rotatable bonds is 3. The molecule has 1 aliphatic heterocycles. The van der Waals surface area contributed by atoms with Gasteiger partial charge in [-0.25, -0.2) is 0 Å². The molecular formula is C18H24N2O2. The van der Waals surface area contributed by atoms with Crippen molar-refractivity contribution >= 4 is 16.9 Å². The number of hydrogen-bond donors (Lipinski definition) is 2. The van der Waals surface area contributed by atoms with Crippen molar-refractivity contribution in [1.29, 1.82) is 0 Å². The number of nitrogens with zero attached hydrogens (tertiary/aromatic N) is 1. The number of para-hydroxylation sites is 1. The molecular weight excluding hydrogens is 276 g/mol. The van der Waals surface area contributed by atoms with Crippen LogP contribution in [0.15, 0.2) is 24.3 Å². The monoisotopic (exact) mass is 300 g/mol. The predicted molar refractivity (Wildman–Crippen MR) is 87.9 cm³/mol. The summed E-state index contributed by atoms with van der Waals surface area (Å²) in [6, 6.07) is 7.40. The van der Waals surface area contributed by atoms with Crippen LogP contribution in [0.3, 0.4) is 0 Å². The first-order valence-corrected chi connectivity index (χ1v) is 8.01. The molecule has 0 amide bonds. The van der Waals surface area contributed by atoms with Crippen molar-refractivity contribution in [2.24, 2.45) is 11.8 Å². The SMILES string of the molecule is Cc1[nH]c2ccccc2c1[C@@H](C(=O)O)N1C[C@H](C)C[C@H](C)C1. The standard InChI is InChI=1S/C18H24N2O2/c1-11-8-12(2)10-20(9-11)17(18(21)22)16-13(3)19-15-7-5-4-6-14(15)16/h4-7,11-12,17,19H,8-10H2,1-3H3,(H,21,22)/t11-,12+,17-/m0/s1. The van der Waals surface area contributed by atoms with Crippen LogP contribution in [0.1, 0.15) is 37.6 Å². The minimum Gasteiger partial charge on any atom is -0.480 e. The van der Waals surface area contributed by atoms with Crippen LogP contribution in [-0.2, 0) is 4.79 Å². The highest BCUT2D eigenvalue weighted by atomic mass is 16.4. The van der Waals surface area contributed by atoms with Crippen LogP contribution < -0.4 is 0 Å². The second-order valence-electron chi connectivity index (χ2n) is 6.85. The van der Waals surface area contributed by atoms with Crippen molar-refractivity contribution in [1.82, 2.24) is 9.88 Å². The number of aryl methyl sites for hydroxylation is 1. The molecule has 3 rings (SSSR count). The van der Waals surface area contributed by atoms with E-state index in [1.165, 1.54) is 6.42 Å². The fourth-order valence-electron chi connectivity index (χ4n) is 4.03. The van der Waals surface area contributed by atoms with Gasteiger partial charge in [0.25, 0.3) is 0 Å². The lowest BCUT2D eigenvalue weighted by molar-refractivity contribution is -0.144. The highest BCUT2D eigenvalue weighted by Crippen LogP contribution is 2.35. The third-order valence-electron chi connectivity index (χ3n) is 4.71. The van der Waals surface area contributed by atoms with Crippen molar-refractivity contribution in [3.8, 4) is 0 Å². The van der Waals surface area contributed by atoms with Gasteiger partial charge in [0, 0.05) is 35.2 Å². The molecule has 3 atom stereocenters. The molecule has 0 aliphatic carbocycles. The zero-order chi connectivity index (χ0) is 15.9. The molecule has 1 saturated heterocycles. The fraction of sp³-hybridized carbons (Fsp3) is 0.500. The number of hydrogen-bond acceptors (Lipinski definition) is 2. The predicted octanol–water partition coefficient (Wildman–Crippen LogP) is 3.58. The first-order valence-electron chi connectivity index (χ1n) is 8.01. The maximum Gasteiger partial charge on any atom is 0.325 e. The molecule has 0 saturated carbocycles. The number of nitrogens with one attached hydrogen (secondary N) is 1. The molecule has 1 fully saturated rings. The van der Waals surface area contributed by atoms with E-state index in [4.69, 9.17) is 0 Å². The number of piperidine rings is 1. The van der Waals surface area contributed by atoms with Gasteiger partial charge in [-0.15, -0.1) is 0 Å². The van der Waals surface area contributed by atoms with E-state index >= 15 is 0 Å². The molecule has 0 spiro atoms. The van der Waals surface area contributed by atoms with E-state index in [0.717, 1.165) is 35.2 Å². The van der Waals surface area contributed by atoms with Gasteiger partial charge in [-0.1, -0.05) is 32.0 Å². The molecule has 1 aromatic carbocycles. The molecule has 0 bridgehead atoms. The Labute approximate surface area is 131 Å². The third kappa shape index (κ3) is 2.63. The first-order chi connectivity index (χ1) is 10.5. The number of likely N-dealkylation sites (tertiary alicyclic amines) is 1. The molecule has 118 valence electrons. The van der Waals surface area contributed by atoms with Crippen molar-refractivity contribution in [2.45, 2.75) is 33.2 Å². The molecule has 1 aromatic heterocycles. The van der Waals surface area contributed by atoms with Gasteiger partial charge < -0.3 is 10.1 Å². The number of aromatic nitrogens is 1. The van der Waals surface area contributed by atoms with Crippen LogP contribution in [-0.4, -0.2) is 34.0 Å². The summed E-state index contributed by atoms with van der Waals surface area (Å²) >= 11 is 0. The fourth-order valence-corrected chi connectivity index (χ4v) is 4.03. The lowest BCUT2D eigenvalue weighted by Crippen LogP contribution is -2.43. The van der Waals surface area contributed by atoms with E-state index in [-0.39, 0.29) is 0 Å². The van der Waals surface area contributed by atoms with E-state index in [9.17, 15) is 9.90 Å². The van der Waals surface area contributed by atoms with Crippen molar-refractivity contribution in [3.05, 3.63) is 35.5 Å². The molecule has 2 aromatic rings. The Morgan fingerprint density at radius 1 is 1.27 bits per heavy atom. The molecule has 2 heterocycles. The number of fused-ring (bicyclic) bond motifs is 1. The molecule has 0 unspecified atom stereocenters. The number of H-pyrrole nitrogens is 1. The van der Waals surface area contributed by atoms with Gasteiger partial charge in [-0.2, -0.15) is 0 Å². The molecule has 1 aliphatic rings. The van der Waals surface area contributed by atoms with Crippen LogP contribution in [0.2, 0.25) is 0 Å². The maximum absolute atomic E-state index is 12.1. The van der Waals surface area contributed by atoms with Gasteiger partial charge in [0.1, 0.15) is 6.04 Å². The third-order valence-corrected chi connectivity index (χ3v) is 4.71. The minimum atomic E-state index is -0.755. The van der Waals surface area contributed by atoms with Crippen molar-refractivity contribution in [3.63, 3.8) is 0 Å². The molecule has 4 heteroatoms. The summed E-state index contributed by atoms with van der Waals surface area (Å²) in [6.45, 7) is 8.09. The van der Waals surface area contributed by atoms with Crippen LogP contribution in [0.4, 0.5) is 0 Å². The second kappa shape index (κ2) is 5.76. The van der Waals surface area contributed by atoms with Gasteiger partial charge in [0.2, 0.25) is 0 Å². The molecule has 4 nitrogen and oxygen atoms in total. The van der Waals surface area contributed by atoms with E-state index in [2.05, 4.69) is 23.7 Å². The average molecular weight is 300 g/mol. The number of carboxylic acids is 1. The largest absolute Gasteiger partial charge is 0.480 e. The van der Waals surface area contributed by atoms with Gasteiger partial charge >= 0.3 is 5.97 Å². The number of carbonyl (C=O) groups is 1. The van der Waals surface area contributed by atoms with Crippen LogP contribution in [0.25, 0.3) is 10.9 Å². The zero-order valence-electron chi connectivity index (χ0n) is 13.5. The Morgan fingerprint density at radius 3 is 2.55 bits per heavy atom. The van der Waals surface area contributed by atoms with Crippen molar-refractivity contribution < 1.29 is 9.90 Å². The van der Waals surface area contributed by atoms with E-state index in [1.807, 2.05) is 31.2 Å². The first kappa shape index (κ1) is 15.1. The molecule has 22 heavy (non-hydrogen) atoms. The summed E-state index contributed by atoms with van der Waals surface area (Å²) in [5.41, 5.74) is 2.89. The smallest absolute Gasteiger partial charge is 0.325 e. The Balaban J connectivity index is 2.07. The highest BCUT2D eigenvalue weighted by Gasteiger charge is 2.35. The summed E-state index contributed by atoms with van der Waals surface area (Å²) in [5, 5.41) is 10.9. The number of benzene rings is 1. The van der Waals surface area contributed by atoms with Gasteiger partial charge in [0.05, 0.1) is 0 Å². The van der Waals surface area contributed by atoms with E-state index < -0.39 is 12.0 Å². The molecule has 2 N–H and O–H groups in total. The van der Waals surface area contributed by atoms with Gasteiger partial charge in [-0.05, 0) is 31.2 Å². The normalized spacial score (nSPS) is 24.5. The second-order valence-corrected chi connectivity index (χ2v) is 6.85. The lowest BCUT2D eigenvalue weighted by Gasteiger charge is -2.38. The van der Waals surface area contributed by atoms with Crippen LogP contribution >= 0.6 is 0 Å². The Kier molecular flexibility index (Phi) is 3.96. The summed E-state index contributed by atoms with van der Waals surface area (Å²) < 4.78 is 0. The van der Waals surface area contributed by atoms with Crippen LogP contribution in [0.5, 0.6) is 0 Å². The number of aromatic amines is 1. The number of aliphatic carboxylic acids is 1. The Bertz CT molecular complexity index is 681. The summed E-state index contributed by atoms with van der Waals surface area (Å²) in [4.78, 5) is 17.5. The summed E-state index contributed by atoms with van der Waals surface area (Å²) in [6.07, 6.45) is 1.18. The maximum atomic E-state index is 12.1. The number of carboxylic acid groups (broad SMARTS) is 1. The topological polar surface area (TPSA) is 56.3 Å². The summed E-state index contributed by atoms with van der Waals surface area (Å²) in [5.74, 6) is 0.321.